The molecule has 1 aromatic rings. The molecule has 2 fully saturated rings. The SMILES string of the molecule is CCN1CCNC(=O)C12CCN(C(=O)c1ccn[nH]1)CC2.O=C(O)C(F)(F)F. The lowest BCUT2D eigenvalue weighted by atomic mass is 9.83. The van der Waals surface area contributed by atoms with E-state index in [1.807, 2.05) is 0 Å². The van der Waals surface area contributed by atoms with Crippen LogP contribution in [0.5, 0.6) is 0 Å². The van der Waals surface area contributed by atoms with Gasteiger partial charge in [-0.1, -0.05) is 6.92 Å². The first-order valence-corrected chi connectivity index (χ1v) is 8.74. The molecule has 3 heterocycles. The molecule has 1 spiro atoms. The molecule has 0 saturated carbocycles. The van der Waals surface area contributed by atoms with Gasteiger partial charge in [0.2, 0.25) is 5.91 Å². The molecule has 2 aliphatic heterocycles. The second kappa shape index (κ2) is 8.59. The average Bonchev–Trinajstić information content (AvgIpc) is 3.18. The molecule has 2 aliphatic rings. The zero-order valence-corrected chi connectivity index (χ0v) is 15.3. The van der Waals surface area contributed by atoms with Crippen molar-refractivity contribution >= 4 is 17.8 Å². The van der Waals surface area contributed by atoms with Gasteiger partial charge >= 0.3 is 12.1 Å². The number of piperidine rings is 1. The molecule has 0 bridgehead atoms. The van der Waals surface area contributed by atoms with Crippen LogP contribution >= 0.6 is 0 Å². The molecular formula is C16H22F3N5O4. The van der Waals surface area contributed by atoms with Gasteiger partial charge in [-0.15, -0.1) is 0 Å². The Morgan fingerprint density at radius 2 is 1.89 bits per heavy atom. The molecule has 12 heteroatoms. The van der Waals surface area contributed by atoms with Crippen LogP contribution in [0, 0.1) is 0 Å². The van der Waals surface area contributed by atoms with Crippen molar-refractivity contribution in [1.82, 2.24) is 25.3 Å². The Morgan fingerprint density at radius 1 is 1.29 bits per heavy atom. The number of carbonyl (C=O) groups excluding carboxylic acids is 2. The summed E-state index contributed by atoms with van der Waals surface area (Å²) in [6.07, 6.45) is -2.13. The lowest BCUT2D eigenvalue weighted by Crippen LogP contribution is -2.68. The van der Waals surface area contributed by atoms with Gasteiger partial charge < -0.3 is 15.3 Å². The molecule has 156 valence electrons. The van der Waals surface area contributed by atoms with E-state index in [1.165, 1.54) is 0 Å². The first kappa shape index (κ1) is 21.7. The van der Waals surface area contributed by atoms with E-state index < -0.39 is 17.7 Å². The Bertz CT molecular complexity index is 700. The van der Waals surface area contributed by atoms with E-state index in [9.17, 15) is 22.8 Å². The van der Waals surface area contributed by atoms with Gasteiger partial charge in [-0.25, -0.2) is 4.79 Å². The highest BCUT2D eigenvalue weighted by Crippen LogP contribution is 2.31. The summed E-state index contributed by atoms with van der Waals surface area (Å²) >= 11 is 0. The smallest absolute Gasteiger partial charge is 0.475 e. The largest absolute Gasteiger partial charge is 0.490 e. The topological polar surface area (TPSA) is 119 Å². The van der Waals surface area contributed by atoms with Crippen LogP contribution < -0.4 is 5.32 Å². The Morgan fingerprint density at radius 3 is 2.36 bits per heavy atom. The summed E-state index contributed by atoms with van der Waals surface area (Å²) in [7, 11) is 0. The molecule has 0 radical (unpaired) electrons. The fraction of sp³-hybridized carbons (Fsp3) is 0.625. The standard InChI is InChI=1S/C14H21N5O2.C2HF3O2/c1-2-19-10-7-15-13(21)14(19)4-8-18(9-5-14)12(20)11-3-6-16-17-11;3-2(4,5)1(6)7/h3,6H,2,4-5,7-10H2,1H3,(H,15,21)(H,16,17);(H,6,7). The second-order valence-corrected chi connectivity index (χ2v) is 6.43. The molecule has 2 saturated heterocycles. The van der Waals surface area contributed by atoms with Crippen LogP contribution in [0.15, 0.2) is 12.3 Å². The van der Waals surface area contributed by atoms with Gasteiger partial charge in [0.25, 0.3) is 5.91 Å². The highest BCUT2D eigenvalue weighted by Gasteiger charge is 2.48. The number of piperazine rings is 1. The van der Waals surface area contributed by atoms with E-state index >= 15 is 0 Å². The zero-order valence-electron chi connectivity index (χ0n) is 15.3. The number of carboxylic acid groups (broad SMARTS) is 1. The van der Waals surface area contributed by atoms with E-state index in [-0.39, 0.29) is 11.8 Å². The van der Waals surface area contributed by atoms with Gasteiger partial charge in [0.1, 0.15) is 11.2 Å². The Labute approximate surface area is 158 Å². The van der Waals surface area contributed by atoms with Gasteiger partial charge in [-0.3, -0.25) is 19.6 Å². The average molecular weight is 405 g/mol. The molecule has 0 unspecified atom stereocenters. The van der Waals surface area contributed by atoms with E-state index in [2.05, 4.69) is 27.3 Å². The van der Waals surface area contributed by atoms with Crippen molar-refractivity contribution < 1.29 is 32.7 Å². The first-order chi connectivity index (χ1) is 13.1. The van der Waals surface area contributed by atoms with Crippen molar-refractivity contribution in [3.05, 3.63) is 18.0 Å². The van der Waals surface area contributed by atoms with Gasteiger partial charge in [-0.2, -0.15) is 18.3 Å². The maximum absolute atomic E-state index is 12.4. The highest BCUT2D eigenvalue weighted by molar-refractivity contribution is 5.93. The fourth-order valence-corrected chi connectivity index (χ4v) is 3.46. The first-order valence-electron chi connectivity index (χ1n) is 8.74. The van der Waals surface area contributed by atoms with Crippen LogP contribution in [-0.2, 0) is 9.59 Å². The number of rotatable bonds is 2. The number of H-pyrrole nitrogens is 1. The number of likely N-dealkylation sites (tertiary alicyclic amines) is 1. The van der Waals surface area contributed by atoms with Crippen molar-refractivity contribution in [3.63, 3.8) is 0 Å². The van der Waals surface area contributed by atoms with Crippen molar-refractivity contribution in [2.75, 3.05) is 32.7 Å². The van der Waals surface area contributed by atoms with Crippen molar-refractivity contribution in [1.29, 1.82) is 0 Å². The maximum Gasteiger partial charge on any atom is 0.490 e. The van der Waals surface area contributed by atoms with Crippen LogP contribution in [-0.4, -0.2) is 87.3 Å². The number of aromatic nitrogens is 2. The van der Waals surface area contributed by atoms with Crippen LogP contribution in [0.25, 0.3) is 0 Å². The minimum Gasteiger partial charge on any atom is -0.475 e. The van der Waals surface area contributed by atoms with Gasteiger partial charge in [0, 0.05) is 32.4 Å². The lowest BCUT2D eigenvalue weighted by Gasteiger charge is -2.49. The number of aromatic amines is 1. The predicted octanol–water partition coefficient (Wildman–Crippen LogP) is 0.470. The van der Waals surface area contributed by atoms with E-state index in [1.54, 1.807) is 17.2 Å². The number of alkyl halides is 3. The summed E-state index contributed by atoms with van der Waals surface area (Å²) in [5.74, 6) is -2.68. The molecule has 2 amide bonds. The number of nitrogens with one attached hydrogen (secondary N) is 2. The maximum atomic E-state index is 12.4. The van der Waals surface area contributed by atoms with Gasteiger partial charge in [-0.05, 0) is 25.5 Å². The summed E-state index contributed by atoms with van der Waals surface area (Å²) in [6, 6.07) is 1.68. The Kier molecular flexibility index (Phi) is 6.65. The summed E-state index contributed by atoms with van der Waals surface area (Å²) < 4.78 is 31.7. The van der Waals surface area contributed by atoms with E-state index in [4.69, 9.17) is 9.90 Å². The van der Waals surface area contributed by atoms with Crippen molar-refractivity contribution in [2.45, 2.75) is 31.5 Å². The number of aliphatic carboxylic acids is 1. The molecule has 9 nitrogen and oxygen atoms in total. The molecule has 0 aliphatic carbocycles. The summed E-state index contributed by atoms with van der Waals surface area (Å²) in [5.41, 5.74) is 0.0731. The van der Waals surface area contributed by atoms with Crippen LogP contribution in [0.1, 0.15) is 30.3 Å². The molecule has 28 heavy (non-hydrogen) atoms. The quantitative estimate of drug-likeness (QED) is 0.658. The Hall–Kier alpha value is -2.63. The highest BCUT2D eigenvalue weighted by atomic mass is 19.4. The lowest BCUT2D eigenvalue weighted by molar-refractivity contribution is -0.192. The Balaban J connectivity index is 0.000000345. The molecule has 1 aromatic heterocycles. The van der Waals surface area contributed by atoms with E-state index in [0.717, 1.165) is 13.1 Å². The van der Waals surface area contributed by atoms with Crippen molar-refractivity contribution in [3.8, 4) is 0 Å². The number of carboxylic acids is 1. The van der Waals surface area contributed by atoms with Crippen LogP contribution in [0.3, 0.4) is 0 Å². The van der Waals surface area contributed by atoms with Gasteiger partial charge in [0.05, 0.1) is 0 Å². The number of nitrogens with zero attached hydrogens (tertiary/aromatic N) is 3. The van der Waals surface area contributed by atoms with Crippen LogP contribution in [0.2, 0.25) is 0 Å². The second-order valence-electron chi connectivity index (χ2n) is 6.43. The molecule has 0 aromatic carbocycles. The molecule has 3 N–H and O–H groups in total. The molecule has 3 rings (SSSR count). The molecule has 0 atom stereocenters. The third-order valence-electron chi connectivity index (χ3n) is 4.93. The summed E-state index contributed by atoms with van der Waals surface area (Å²) in [4.78, 5) is 37.6. The summed E-state index contributed by atoms with van der Waals surface area (Å²) in [6.45, 7) is 5.75. The monoisotopic (exact) mass is 405 g/mol. The number of hydrogen-bond acceptors (Lipinski definition) is 5. The number of hydrogen-bond donors (Lipinski definition) is 3. The third kappa shape index (κ3) is 4.61. The number of carbonyl (C=O) groups is 3. The number of likely N-dealkylation sites (N-methyl/N-ethyl adjacent to an activating group) is 1. The predicted molar refractivity (Wildman–Crippen MR) is 90.4 cm³/mol. The van der Waals surface area contributed by atoms with Crippen LogP contribution in [0.4, 0.5) is 13.2 Å². The zero-order chi connectivity index (χ0) is 20.9. The minimum atomic E-state index is -5.08. The third-order valence-corrected chi connectivity index (χ3v) is 4.93. The summed E-state index contributed by atoms with van der Waals surface area (Å²) in [5, 5.41) is 16.6. The number of amides is 2. The van der Waals surface area contributed by atoms with Gasteiger partial charge in [0.15, 0.2) is 0 Å². The normalized spacial score (nSPS) is 19.6. The number of halogens is 3. The fourth-order valence-electron chi connectivity index (χ4n) is 3.46. The van der Waals surface area contributed by atoms with E-state index in [0.29, 0.717) is 38.2 Å². The minimum absolute atomic E-state index is 0.0402. The van der Waals surface area contributed by atoms with Crippen molar-refractivity contribution in [2.24, 2.45) is 0 Å². The molecular weight excluding hydrogens is 383 g/mol.